The predicted molar refractivity (Wildman–Crippen MR) is 128 cm³/mol. The fraction of sp³-hybridized carbons (Fsp3) is 0.407. The van der Waals surface area contributed by atoms with Crippen LogP contribution in [0.1, 0.15) is 77.8 Å². The molecule has 2 rings (SSSR count). The second-order valence-electron chi connectivity index (χ2n) is 8.07. The van der Waals surface area contributed by atoms with Crippen molar-refractivity contribution in [3.8, 4) is 5.75 Å². The number of hydrogen-bond donors (Lipinski definition) is 1. The number of hydrogen-bond acceptors (Lipinski definition) is 6. The van der Waals surface area contributed by atoms with Crippen molar-refractivity contribution in [3.63, 3.8) is 0 Å². The standard InChI is InChI=1S/C27H34O6/c1-6-27(30,7-2)15-9-10-19(3)21-11-8-12-22(17-21)33-18-20-13-14-23(25(28)31-4)24(16-20)26(29)32-5/h8-9,11-17,19,30H,6-7,10,18H2,1-5H3. The second kappa shape index (κ2) is 12.2. The van der Waals surface area contributed by atoms with E-state index in [9.17, 15) is 14.7 Å². The first-order valence-corrected chi connectivity index (χ1v) is 11.2. The molecule has 178 valence electrons. The zero-order valence-corrected chi connectivity index (χ0v) is 20.1. The third kappa shape index (κ3) is 7.19. The highest BCUT2D eigenvalue weighted by molar-refractivity contribution is 6.03. The van der Waals surface area contributed by atoms with Crippen molar-refractivity contribution < 1.29 is 28.9 Å². The molecule has 1 atom stereocenters. The molecule has 0 aromatic heterocycles. The Morgan fingerprint density at radius 1 is 1.00 bits per heavy atom. The lowest BCUT2D eigenvalue weighted by Gasteiger charge is -2.20. The number of carbonyl (C=O) groups excluding carboxylic acids is 2. The Hall–Kier alpha value is -3.12. The molecule has 0 heterocycles. The average Bonchev–Trinajstić information content (AvgIpc) is 2.86. The molecule has 2 aromatic rings. The minimum absolute atomic E-state index is 0.138. The van der Waals surface area contributed by atoms with Crippen LogP contribution in [0.2, 0.25) is 0 Å². The van der Waals surface area contributed by atoms with Gasteiger partial charge in [0.15, 0.2) is 0 Å². The van der Waals surface area contributed by atoms with Gasteiger partial charge >= 0.3 is 11.9 Å². The molecule has 0 saturated carbocycles. The molecule has 0 radical (unpaired) electrons. The van der Waals surface area contributed by atoms with Crippen molar-refractivity contribution in [2.24, 2.45) is 0 Å². The van der Waals surface area contributed by atoms with Crippen molar-refractivity contribution >= 4 is 11.9 Å². The Kier molecular flexibility index (Phi) is 9.67. The third-order valence-corrected chi connectivity index (χ3v) is 5.87. The van der Waals surface area contributed by atoms with Gasteiger partial charge in [-0.15, -0.1) is 0 Å². The van der Waals surface area contributed by atoms with Gasteiger partial charge in [-0.05, 0) is 60.6 Å². The number of carbonyl (C=O) groups is 2. The lowest BCUT2D eigenvalue weighted by molar-refractivity contribution is 0.0555. The van der Waals surface area contributed by atoms with E-state index in [0.29, 0.717) is 18.6 Å². The summed E-state index contributed by atoms with van der Waals surface area (Å²) in [6.07, 6.45) is 6.14. The largest absolute Gasteiger partial charge is 0.489 e. The summed E-state index contributed by atoms with van der Waals surface area (Å²) >= 11 is 0. The summed E-state index contributed by atoms with van der Waals surface area (Å²) in [7, 11) is 2.53. The van der Waals surface area contributed by atoms with Gasteiger partial charge in [0.05, 0.1) is 30.9 Å². The molecule has 6 nitrogen and oxygen atoms in total. The Morgan fingerprint density at radius 2 is 1.67 bits per heavy atom. The number of allylic oxidation sites excluding steroid dienone is 1. The lowest BCUT2D eigenvalue weighted by Crippen LogP contribution is -2.22. The molecule has 1 unspecified atom stereocenters. The molecule has 0 fully saturated rings. The quantitative estimate of drug-likeness (QED) is 0.360. The van der Waals surface area contributed by atoms with Gasteiger partial charge < -0.3 is 19.3 Å². The molecule has 33 heavy (non-hydrogen) atoms. The number of aliphatic hydroxyl groups is 1. The van der Waals surface area contributed by atoms with Crippen LogP contribution in [0.3, 0.4) is 0 Å². The zero-order chi connectivity index (χ0) is 24.4. The first-order chi connectivity index (χ1) is 15.8. The van der Waals surface area contributed by atoms with Crippen molar-refractivity contribution in [1.29, 1.82) is 0 Å². The van der Waals surface area contributed by atoms with E-state index < -0.39 is 17.5 Å². The van der Waals surface area contributed by atoms with Gasteiger partial charge in [0, 0.05) is 0 Å². The fourth-order valence-corrected chi connectivity index (χ4v) is 3.44. The van der Waals surface area contributed by atoms with E-state index in [2.05, 4.69) is 13.0 Å². The second-order valence-corrected chi connectivity index (χ2v) is 8.07. The van der Waals surface area contributed by atoms with Gasteiger partial charge in [-0.2, -0.15) is 0 Å². The highest BCUT2D eigenvalue weighted by Gasteiger charge is 2.19. The number of ether oxygens (including phenoxy) is 3. The minimum Gasteiger partial charge on any atom is -0.489 e. The molecular weight excluding hydrogens is 420 g/mol. The van der Waals surface area contributed by atoms with E-state index in [1.165, 1.54) is 20.3 Å². The summed E-state index contributed by atoms with van der Waals surface area (Å²) in [6.45, 7) is 6.32. The normalized spacial score (nSPS) is 12.4. The average molecular weight is 455 g/mol. The molecule has 0 aliphatic rings. The van der Waals surface area contributed by atoms with Gasteiger partial charge in [0.25, 0.3) is 0 Å². The highest BCUT2D eigenvalue weighted by Crippen LogP contribution is 2.26. The predicted octanol–water partition coefficient (Wildman–Crippen LogP) is 5.44. The number of benzene rings is 2. The molecule has 0 amide bonds. The minimum atomic E-state index is -0.739. The monoisotopic (exact) mass is 454 g/mol. The maximum Gasteiger partial charge on any atom is 0.338 e. The molecule has 2 aromatic carbocycles. The van der Waals surface area contributed by atoms with Crippen LogP contribution in [0, 0.1) is 0 Å². The van der Waals surface area contributed by atoms with Crippen LogP contribution in [0.4, 0.5) is 0 Å². The summed E-state index contributed by atoms with van der Waals surface area (Å²) in [5, 5.41) is 10.4. The van der Waals surface area contributed by atoms with Crippen LogP contribution < -0.4 is 4.74 Å². The SMILES string of the molecule is CCC(O)(C=CCC(C)c1cccc(OCc2ccc(C(=O)OC)c(C(=O)OC)c2)c1)CC. The third-order valence-electron chi connectivity index (χ3n) is 5.87. The molecule has 0 spiro atoms. The van der Waals surface area contributed by atoms with Gasteiger partial charge in [-0.25, -0.2) is 9.59 Å². The summed E-state index contributed by atoms with van der Waals surface area (Å²) in [5.74, 6) is -0.249. The maximum atomic E-state index is 12.1. The lowest BCUT2D eigenvalue weighted by atomic mass is 9.93. The Labute approximate surface area is 196 Å². The van der Waals surface area contributed by atoms with Crippen LogP contribution in [-0.2, 0) is 16.1 Å². The van der Waals surface area contributed by atoms with E-state index in [1.807, 2.05) is 44.2 Å². The number of rotatable bonds is 11. The van der Waals surface area contributed by atoms with Crippen LogP contribution in [0.15, 0.2) is 54.6 Å². The smallest absolute Gasteiger partial charge is 0.338 e. The molecule has 0 aliphatic heterocycles. The Morgan fingerprint density at radius 3 is 2.30 bits per heavy atom. The van der Waals surface area contributed by atoms with E-state index in [0.717, 1.165) is 17.5 Å². The molecule has 1 N–H and O–H groups in total. The van der Waals surface area contributed by atoms with E-state index >= 15 is 0 Å². The molecular formula is C27H34O6. The summed E-state index contributed by atoms with van der Waals surface area (Å²) < 4.78 is 15.5. The van der Waals surface area contributed by atoms with Crippen molar-refractivity contribution in [1.82, 2.24) is 0 Å². The van der Waals surface area contributed by atoms with Crippen molar-refractivity contribution in [2.45, 2.75) is 58.2 Å². The van der Waals surface area contributed by atoms with Gasteiger partial charge in [0.1, 0.15) is 12.4 Å². The molecule has 0 saturated heterocycles. The fourth-order valence-electron chi connectivity index (χ4n) is 3.44. The Bertz CT molecular complexity index is 974. The topological polar surface area (TPSA) is 82.1 Å². The van der Waals surface area contributed by atoms with Crippen molar-refractivity contribution in [3.05, 3.63) is 76.9 Å². The summed E-state index contributed by atoms with van der Waals surface area (Å²) in [5.41, 5.74) is 1.40. The van der Waals surface area contributed by atoms with Crippen LogP contribution in [0.25, 0.3) is 0 Å². The molecule has 6 heteroatoms. The molecule has 0 bridgehead atoms. The van der Waals surface area contributed by atoms with Gasteiger partial charge in [0.2, 0.25) is 0 Å². The van der Waals surface area contributed by atoms with Crippen LogP contribution in [-0.4, -0.2) is 36.9 Å². The van der Waals surface area contributed by atoms with E-state index in [4.69, 9.17) is 14.2 Å². The summed E-state index contributed by atoms with van der Waals surface area (Å²) in [4.78, 5) is 24.0. The summed E-state index contributed by atoms with van der Waals surface area (Å²) in [6, 6.07) is 12.7. The van der Waals surface area contributed by atoms with Crippen molar-refractivity contribution in [2.75, 3.05) is 14.2 Å². The molecule has 0 aliphatic carbocycles. The number of methoxy groups -OCH3 is 2. The number of esters is 2. The highest BCUT2D eigenvalue weighted by atomic mass is 16.5. The van der Waals surface area contributed by atoms with E-state index in [-0.39, 0.29) is 23.7 Å². The van der Waals surface area contributed by atoms with E-state index in [1.54, 1.807) is 12.1 Å². The Balaban J connectivity index is 2.09. The maximum absolute atomic E-state index is 12.1. The van der Waals surface area contributed by atoms with Crippen LogP contribution >= 0.6 is 0 Å². The first kappa shape index (κ1) is 26.1. The zero-order valence-electron chi connectivity index (χ0n) is 20.1. The first-order valence-electron chi connectivity index (χ1n) is 11.2. The van der Waals surface area contributed by atoms with Gasteiger partial charge in [-0.1, -0.05) is 51.1 Å². The van der Waals surface area contributed by atoms with Crippen LogP contribution in [0.5, 0.6) is 5.75 Å². The van der Waals surface area contributed by atoms with Gasteiger partial charge in [-0.3, -0.25) is 0 Å².